The van der Waals surface area contributed by atoms with Gasteiger partial charge in [0.25, 0.3) is 5.69 Å². The Morgan fingerprint density at radius 3 is 2.36 bits per heavy atom. The molecule has 0 aliphatic carbocycles. The quantitative estimate of drug-likeness (QED) is 0.477. The van der Waals surface area contributed by atoms with Crippen molar-refractivity contribution < 1.29 is 27.6 Å². The third kappa shape index (κ3) is 5.41. The topological polar surface area (TPSA) is 137 Å². The predicted octanol–water partition coefficient (Wildman–Crippen LogP) is 1.92. The van der Waals surface area contributed by atoms with Crippen LogP contribution in [-0.2, 0) is 14.8 Å². The number of benzene rings is 2. The molecule has 0 aliphatic heterocycles. The van der Waals surface area contributed by atoms with Crippen LogP contribution in [0.2, 0.25) is 0 Å². The van der Waals surface area contributed by atoms with Gasteiger partial charge in [0, 0.05) is 25.1 Å². The van der Waals surface area contributed by atoms with Gasteiger partial charge in [0.15, 0.2) is 0 Å². The Balaban J connectivity index is 1.97. The Hall–Kier alpha value is -3.18. The van der Waals surface area contributed by atoms with Crippen molar-refractivity contribution in [2.45, 2.75) is 11.3 Å². The summed E-state index contributed by atoms with van der Waals surface area (Å²) in [5.41, 5.74) is -0.0870. The molecule has 11 heteroatoms. The van der Waals surface area contributed by atoms with E-state index >= 15 is 0 Å². The number of carbonyl (C=O) groups is 1. The van der Waals surface area contributed by atoms with E-state index in [1.165, 1.54) is 50.6 Å². The highest BCUT2D eigenvalue weighted by Gasteiger charge is 2.16. The van der Waals surface area contributed by atoms with Gasteiger partial charge in [0.2, 0.25) is 15.9 Å². The molecule has 0 fully saturated rings. The highest BCUT2D eigenvalue weighted by atomic mass is 32.2. The van der Waals surface area contributed by atoms with Gasteiger partial charge in [0.05, 0.1) is 29.7 Å². The molecule has 0 saturated heterocycles. The van der Waals surface area contributed by atoms with Crippen LogP contribution in [0.15, 0.2) is 47.4 Å². The van der Waals surface area contributed by atoms with E-state index in [0.29, 0.717) is 5.75 Å². The number of hydrogen-bond acceptors (Lipinski definition) is 7. The van der Waals surface area contributed by atoms with Gasteiger partial charge in [0.1, 0.15) is 11.5 Å². The predicted molar refractivity (Wildman–Crippen MR) is 101 cm³/mol. The molecule has 0 heterocycles. The van der Waals surface area contributed by atoms with Gasteiger partial charge >= 0.3 is 0 Å². The van der Waals surface area contributed by atoms with Crippen LogP contribution >= 0.6 is 0 Å². The molecule has 150 valence electrons. The van der Waals surface area contributed by atoms with E-state index in [1.807, 2.05) is 0 Å². The van der Waals surface area contributed by atoms with E-state index in [-0.39, 0.29) is 35.0 Å². The Labute approximate surface area is 161 Å². The van der Waals surface area contributed by atoms with Gasteiger partial charge < -0.3 is 14.8 Å². The van der Waals surface area contributed by atoms with E-state index in [2.05, 4.69) is 10.0 Å². The minimum absolute atomic E-state index is 0.0362. The van der Waals surface area contributed by atoms with Crippen LogP contribution in [0.1, 0.15) is 6.42 Å². The van der Waals surface area contributed by atoms with Crippen molar-refractivity contribution in [3.8, 4) is 11.5 Å². The highest BCUT2D eigenvalue weighted by Crippen LogP contribution is 2.28. The fourth-order valence-corrected chi connectivity index (χ4v) is 3.29. The summed E-state index contributed by atoms with van der Waals surface area (Å²) in [5, 5.41) is 13.3. The van der Waals surface area contributed by atoms with E-state index in [1.54, 1.807) is 0 Å². The third-order valence-corrected chi connectivity index (χ3v) is 5.16. The number of sulfonamides is 1. The first kappa shape index (κ1) is 21.1. The lowest BCUT2D eigenvalue weighted by atomic mass is 10.2. The van der Waals surface area contributed by atoms with Gasteiger partial charge in [-0.2, -0.15) is 0 Å². The molecule has 0 saturated carbocycles. The fourth-order valence-electron chi connectivity index (χ4n) is 2.26. The molecule has 0 unspecified atom stereocenters. The van der Waals surface area contributed by atoms with Crippen LogP contribution in [0.25, 0.3) is 0 Å². The Bertz CT molecular complexity index is 959. The summed E-state index contributed by atoms with van der Waals surface area (Å²) in [6.07, 6.45) is -0.179. The minimum atomic E-state index is -3.78. The fraction of sp³-hybridized carbons (Fsp3) is 0.235. The van der Waals surface area contributed by atoms with Crippen molar-refractivity contribution in [1.82, 2.24) is 4.72 Å². The molecule has 0 atom stereocenters. The van der Waals surface area contributed by atoms with Crippen LogP contribution < -0.4 is 19.5 Å². The monoisotopic (exact) mass is 409 g/mol. The molecule has 1 amide bonds. The second-order valence-corrected chi connectivity index (χ2v) is 7.28. The second kappa shape index (κ2) is 9.15. The zero-order chi connectivity index (χ0) is 20.7. The molecule has 2 aromatic carbocycles. The number of nitrogens with zero attached hydrogens (tertiary/aromatic N) is 1. The van der Waals surface area contributed by atoms with Crippen LogP contribution in [0.5, 0.6) is 11.5 Å². The van der Waals surface area contributed by atoms with Crippen LogP contribution in [0.3, 0.4) is 0 Å². The lowest BCUT2D eigenvalue weighted by Crippen LogP contribution is -2.27. The largest absolute Gasteiger partial charge is 0.497 e. The Morgan fingerprint density at radius 1 is 1.11 bits per heavy atom. The number of carbonyl (C=O) groups excluding carboxylic acids is 1. The molecule has 28 heavy (non-hydrogen) atoms. The highest BCUT2D eigenvalue weighted by molar-refractivity contribution is 7.89. The number of non-ortho nitro benzene ring substituents is 1. The summed E-state index contributed by atoms with van der Waals surface area (Å²) in [6.45, 7) is -0.155. The lowest BCUT2D eigenvalue weighted by molar-refractivity contribution is -0.384. The maximum absolute atomic E-state index is 12.2. The minimum Gasteiger partial charge on any atom is -0.497 e. The molecular weight excluding hydrogens is 390 g/mol. The Morgan fingerprint density at radius 2 is 1.79 bits per heavy atom. The van der Waals surface area contributed by atoms with Crippen molar-refractivity contribution in [2.24, 2.45) is 0 Å². The first-order chi connectivity index (χ1) is 13.3. The van der Waals surface area contributed by atoms with Crippen molar-refractivity contribution in [3.63, 3.8) is 0 Å². The molecule has 2 aromatic rings. The van der Waals surface area contributed by atoms with Crippen molar-refractivity contribution in [2.75, 3.05) is 26.1 Å². The lowest BCUT2D eigenvalue weighted by Gasteiger charge is -2.11. The van der Waals surface area contributed by atoms with E-state index in [9.17, 15) is 23.3 Å². The molecule has 2 rings (SSSR count). The zero-order valence-electron chi connectivity index (χ0n) is 15.2. The molecule has 2 N–H and O–H groups in total. The summed E-state index contributed by atoms with van der Waals surface area (Å²) < 4.78 is 36.8. The maximum atomic E-state index is 12.2. The number of hydrogen-bond donors (Lipinski definition) is 2. The maximum Gasteiger partial charge on any atom is 0.271 e. The number of nitrogens with one attached hydrogen (secondary N) is 2. The van der Waals surface area contributed by atoms with E-state index < -0.39 is 20.9 Å². The number of amides is 1. The second-order valence-electron chi connectivity index (χ2n) is 5.51. The van der Waals surface area contributed by atoms with Crippen LogP contribution in [0, 0.1) is 10.1 Å². The summed E-state index contributed by atoms with van der Waals surface area (Å²) in [4.78, 5) is 22.4. The number of methoxy groups -OCH3 is 2. The molecule has 0 aromatic heterocycles. The molecule has 0 aliphatic rings. The Kier molecular flexibility index (Phi) is 6.90. The van der Waals surface area contributed by atoms with Gasteiger partial charge in [-0.25, -0.2) is 13.1 Å². The number of nitro groups is 1. The molecule has 10 nitrogen and oxygen atoms in total. The van der Waals surface area contributed by atoms with Crippen molar-refractivity contribution >= 4 is 27.3 Å². The average molecular weight is 409 g/mol. The summed E-state index contributed by atoms with van der Waals surface area (Å²) in [5.74, 6) is 0.234. The van der Waals surface area contributed by atoms with Crippen LogP contribution in [0.4, 0.5) is 11.4 Å². The normalized spacial score (nSPS) is 10.9. The third-order valence-electron chi connectivity index (χ3n) is 3.68. The summed E-state index contributed by atoms with van der Waals surface area (Å²) in [7, 11) is -0.954. The molecule has 0 radical (unpaired) electrons. The van der Waals surface area contributed by atoms with Gasteiger partial charge in [-0.05, 0) is 30.3 Å². The summed E-state index contributed by atoms with van der Waals surface area (Å²) >= 11 is 0. The number of ether oxygens (including phenoxy) is 2. The average Bonchev–Trinajstić information content (AvgIpc) is 2.67. The van der Waals surface area contributed by atoms with E-state index in [0.717, 1.165) is 6.07 Å². The first-order valence-electron chi connectivity index (χ1n) is 8.03. The zero-order valence-corrected chi connectivity index (χ0v) is 16.0. The SMILES string of the molecule is COc1ccc(S(=O)(=O)NCCC(=O)Nc2cc([N+](=O)[O-])ccc2OC)cc1. The molecule has 0 bridgehead atoms. The number of anilines is 1. The van der Waals surface area contributed by atoms with Gasteiger partial charge in [-0.3, -0.25) is 14.9 Å². The van der Waals surface area contributed by atoms with Crippen molar-refractivity contribution in [1.29, 1.82) is 0 Å². The van der Waals surface area contributed by atoms with Gasteiger partial charge in [-0.15, -0.1) is 0 Å². The first-order valence-corrected chi connectivity index (χ1v) is 9.51. The molecular formula is C17H19N3O7S. The standard InChI is InChI=1S/C17H19N3O7S/c1-26-13-4-6-14(7-5-13)28(24,25)18-10-9-17(21)19-15-11-12(20(22)23)3-8-16(15)27-2/h3-8,11,18H,9-10H2,1-2H3,(H,19,21). The summed E-state index contributed by atoms with van der Waals surface area (Å²) in [6, 6.07) is 9.56. The van der Waals surface area contributed by atoms with Crippen LogP contribution in [-0.4, -0.2) is 40.0 Å². The van der Waals surface area contributed by atoms with Gasteiger partial charge in [-0.1, -0.05) is 0 Å². The van der Waals surface area contributed by atoms with E-state index in [4.69, 9.17) is 9.47 Å². The molecule has 0 spiro atoms. The number of rotatable bonds is 9. The number of nitro benzene ring substituents is 1. The van der Waals surface area contributed by atoms with Crippen molar-refractivity contribution in [3.05, 3.63) is 52.6 Å². The smallest absolute Gasteiger partial charge is 0.271 e.